The van der Waals surface area contributed by atoms with Gasteiger partial charge in [-0.2, -0.15) is 0 Å². The minimum Gasteiger partial charge on any atom is -0.346 e. The number of carbonyl (C=O) groups excluding carboxylic acids is 2. The fraction of sp³-hybridized carbons (Fsp3) is 0.636. The molecular formula is C11H26N2O2. The lowest BCUT2D eigenvalue weighted by Crippen LogP contribution is -2.47. The maximum atomic E-state index is 11.2. The summed E-state index contributed by atoms with van der Waals surface area (Å²) < 4.78 is 0. The minimum absolute atomic E-state index is 0. The van der Waals surface area contributed by atoms with E-state index in [9.17, 15) is 9.59 Å². The van der Waals surface area contributed by atoms with E-state index in [-0.39, 0.29) is 14.7 Å². The minimum atomic E-state index is -0.535. The van der Waals surface area contributed by atoms with Gasteiger partial charge in [0.25, 0.3) is 0 Å². The van der Waals surface area contributed by atoms with Crippen molar-refractivity contribution >= 4 is 12.2 Å². The summed E-state index contributed by atoms with van der Waals surface area (Å²) in [5.74, 6) is -0.187. The van der Waals surface area contributed by atoms with Crippen LogP contribution in [-0.2, 0) is 9.59 Å². The van der Waals surface area contributed by atoms with Gasteiger partial charge in [-0.15, -0.1) is 6.58 Å². The van der Waals surface area contributed by atoms with Gasteiger partial charge in [-0.25, -0.2) is 0 Å². The van der Waals surface area contributed by atoms with Crippen molar-refractivity contribution < 1.29 is 12.4 Å². The Balaban J connectivity index is -0.000000152. The molecule has 0 bridgehead atoms. The Morgan fingerprint density at radius 3 is 2.13 bits per heavy atom. The molecule has 2 unspecified atom stereocenters. The van der Waals surface area contributed by atoms with Gasteiger partial charge in [0.05, 0.1) is 12.1 Å². The van der Waals surface area contributed by atoms with Crippen LogP contribution in [0.25, 0.3) is 0 Å². The number of nitrogens with one attached hydrogen (secondary N) is 1. The third kappa shape index (κ3) is 9.15. The second-order valence-corrected chi connectivity index (χ2v) is 3.61. The first-order valence-corrected chi connectivity index (χ1v) is 4.98. The lowest BCUT2D eigenvalue weighted by molar-refractivity contribution is -0.125. The maximum absolute atomic E-state index is 11.2. The lowest BCUT2D eigenvalue weighted by atomic mass is 10.0. The van der Waals surface area contributed by atoms with Crippen LogP contribution in [-0.4, -0.2) is 24.3 Å². The SMILES string of the molecule is C=CC.CC(C=O)NC(=O)C(N)C(C)C.[HH].[HH]. The highest BCUT2D eigenvalue weighted by atomic mass is 16.2. The Morgan fingerprint density at radius 1 is 1.47 bits per heavy atom. The summed E-state index contributed by atoms with van der Waals surface area (Å²) in [5.41, 5.74) is 5.54. The first-order chi connectivity index (χ1) is 6.90. The fourth-order valence-electron chi connectivity index (χ4n) is 0.657. The largest absolute Gasteiger partial charge is 0.346 e. The molecule has 3 N–H and O–H groups in total. The first kappa shape index (κ1) is 16.3. The summed E-state index contributed by atoms with van der Waals surface area (Å²) >= 11 is 0. The molecule has 0 aromatic carbocycles. The maximum Gasteiger partial charge on any atom is 0.237 e. The van der Waals surface area contributed by atoms with E-state index in [1.807, 2.05) is 20.8 Å². The number of allylic oxidation sites excluding steroid dienone is 1. The van der Waals surface area contributed by atoms with Gasteiger partial charge in [0, 0.05) is 2.85 Å². The molecule has 1 amide bonds. The second-order valence-electron chi connectivity index (χ2n) is 3.61. The fourth-order valence-corrected chi connectivity index (χ4v) is 0.657. The molecule has 0 aliphatic rings. The van der Waals surface area contributed by atoms with Crippen molar-refractivity contribution in [2.24, 2.45) is 11.7 Å². The van der Waals surface area contributed by atoms with Crippen LogP contribution in [0.5, 0.6) is 0 Å². The zero-order valence-corrected chi connectivity index (χ0v) is 9.99. The van der Waals surface area contributed by atoms with Crippen LogP contribution in [0, 0.1) is 5.92 Å². The predicted molar refractivity (Wildman–Crippen MR) is 66.6 cm³/mol. The highest BCUT2D eigenvalue weighted by Crippen LogP contribution is 1.97. The number of amides is 1. The predicted octanol–water partition coefficient (Wildman–Crippen LogP) is 1.36. The van der Waals surface area contributed by atoms with Crippen molar-refractivity contribution in [1.29, 1.82) is 0 Å². The average molecular weight is 218 g/mol. The summed E-state index contributed by atoms with van der Waals surface area (Å²) in [6.07, 6.45) is 2.42. The Labute approximate surface area is 94.9 Å². The molecular weight excluding hydrogens is 192 g/mol. The summed E-state index contributed by atoms with van der Waals surface area (Å²) in [6, 6.07) is -0.991. The van der Waals surface area contributed by atoms with Crippen LogP contribution in [0.2, 0.25) is 0 Å². The van der Waals surface area contributed by atoms with Gasteiger partial charge in [-0.3, -0.25) is 4.79 Å². The van der Waals surface area contributed by atoms with Crippen molar-refractivity contribution in [3.63, 3.8) is 0 Å². The third-order valence-electron chi connectivity index (χ3n) is 1.60. The van der Waals surface area contributed by atoms with Crippen LogP contribution in [0.15, 0.2) is 12.7 Å². The number of aldehydes is 1. The van der Waals surface area contributed by atoms with Crippen molar-refractivity contribution in [1.82, 2.24) is 5.32 Å². The molecule has 0 rings (SSSR count). The highest BCUT2D eigenvalue weighted by Gasteiger charge is 2.18. The normalized spacial score (nSPS) is 13.2. The highest BCUT2D eigenvalue weighted by molar-refractivity contribution is 5.84. The van der Waals surface area contributed by atoms with Crippen molar-refractivity contribution in [2.75, 3.05) is 0 Å². The Kier molecular flexibility index (Phi) is 10.2. The van der Waals surface area contributed by atoms with Crippen molar-refractivity contribution in [3.05, 3.63) is 12.7 Å². The van der Waals surface area contributed by atoms with E-state index in [2.05, 4.69) is 11.9 Å². The number of rotatable bonds is 4. The molecule has 0 spiro atoms. The van der Waals surface area contributed by atoms with Gasteiger partial charge in [0.15, 0.2) is 0 Å². The van der Waals surface area contributed by atoms with E-state index in [0.29, 0.717) is 6.29 Å². The second kappa shape index (κ2) is 9.40. The van der Waals surface area contributed by atoms with E-state index in [4.69, 9.17) is 5.73 Å². The summed E-state index contributed by atoms with van der Waals surface area (Å²) in [4.78, 5) is 21.3. The molecule has 4 heteroatoms. The van der Waals surface area contributed by atoms with Crippen LogP contribution in [0.4, 0.5) is 0 Å². The molecule has 0 fully saturated rings. The summed E-state index contributed by atoms with van der Waals surface area (Å²) in [6.45, 7) is 10.6. The first-order valence-electron chi connectivity index (χ1n) is 4.98. The molecule has 0 saturated heterocycles. The molecule has 92 valence electrons. The van der Waals surface area contributed by atoms with Crippen LogP contribution >= 0.6 is 0 Å². The van der Waals surface area contributed by atoms with Gasteiger partial charge < -0.3 is 15.8 Å². The molecule has 2 atom stereocenters. The number of nitrogens with two attached hydrogens (primary N) is 1. The monoisotopic (exact) mass is 218 g/mol. The molecule has 0 aromatic rings. The molecule has 0 radical (unpaired) electrons. The molecule has 0 aliphatic heterocycles. The van der Waals surface area contributed by atoms with E-state index < -0.39 is 12.1 Å². The standard InChI is InChI=1S/C8H16N2O2.C3H6.2H2/c1-5(2)7(9)8(12)10-6(3)4-11;1-3-2;;/h4-7H,9H2,1-3H3,(H,10,12);3H,1H2,2H3;2*1H. The Hall–Kier alpha value is -1.16. The number of carbonyl (C=O) groups is 2. The zero-order chi connectivity index (χ0) is 12.4. The topological polar surface area (TPSA) is 72.2 Å². The molecule has 4 nitrogen and oxygen atoms in total. The van der Waals surface area contributed by atoms with Gasteiger partial charge >= 0.3 is 0 Å². The van der Waals surface area contributed by atoms with Crippen molar-refractivity contribution in [2.45, 2.75) is 39.8 Å². The van der Waals surface area contributed by atoms with E-state index in [0.717, 1.165) is 0 Å². The van der Waals surface area contributed by atoms with Crippen LogP contribution < -0.4 is 11.1 Å². The molecule has 0 aromatic heterocycles. The Morgan fingerprint density at radius 2 is 1.87 bits per heavy atom. The molecule has 0 saturated carbocycles. The quantitative estimate of drug-likeness (QED) is 0.553. The number of hydrogen-bond acceptors (Lipinski definition) is 3. The smallest absolute Gasteiger partial charge is 0.237 e. The summed E-state index contributed by atoms with van der Waals surface area (Å²) in [5, 5.41) is 2.48. The summed E-state index contributed by atoms with van der Waals surface area (Å²) in [7, 11) is 0. The molecule has 15 heavy (non-hydrogen) atoms. The van der Waals surface area contributed by atoms with E-state index in [1.165, 1.54) is 0 Å². The van der Waals surface area contributed by atoms with Gasteiger partial charge in [-0.05, 0) is 19.8 Å². The van der Waals surface area contributed by atoms with E-state index >= 15 is 0 Å². The van der Waals surface area contributed by atoms with Gasteiger partial charge in [0.2, 0.25) is 5.91 Å². The zero-order valence-electron chi connectivity index (χ0n) is 9.99. The average Bonchev–Trinajstić information content (AvgIpc) is 2.17. The van der Waals surface area contributed by atoms with E-state index in [1.54, 1.807) is 13.0 Å². The van der Waals surface area contributed by atoms with Gasteiger partial charge in [0.1, 0.15) is 6.29 Å². The van der Waals surface area contributed by atoms with Crippen LogP contribution in [0.3, 0.4) is 0 Å². The Bertz CT molecular complexity index is 212. The lowest BCUT2D eigenvalue weighted by Gasteiger charge is -2.16. The third-order valence-corrected chi connectivity index (χ3v) is 1.60. The van der Waals surface area contributed by atoms with Crippen molar-refractivity contribution in [3.8, 4) is 0 Å². The van der Waals surface area contributed by atoms with Gasteiger partial charge in [-0.1, -0.05) is 19.9 Å². The molecule has 0 aliphatic carbocycles. The number of hydrogen-bond donors (Lipinski definition) is 2. The van der Waals surface area contributed by atoms with Crippen LogP contribution in [0.1, 0.15) is 30.5 Å². The molecule has 0 heterocycles.